The third kappa shape index (κ3) is 4.70. The molecule has 172 valence electrons. The number of nitrogens with zero attached hydrogens (tertiary/aromatic N) is 2. The second-order valence-corrected chi connectivity index (χ2v) is 8.63. The molecular weight excluding hydrogens is 419 g/mol. The first kappa shape index (κ1) is 22.5. The topological polar surface area (TPSA) is 69.8 Å². The lowest BCUT2D eigenvalue weighted by molar-refractivity contribution is -0.137. The Labute approximate surface area is 185 Å². The van der Waals surface area contributed by atoms with Crippen molar-refractivity contribution in [2.45, 2.75) is 57.3 Å². The summed E-state index contributed by atoms with van der Waals surface area (Å²) >= 11 is 0. The molecule has 1 unspecified atom stereocenters. The number of hydrogen-bond acceptors (Lipinski definition) is 3. The number of benzene rings is 2. The van der Waals surface area contributed by atoms with Crippen molar-refractivity contribution in [2.24, 2.45) is 5.73 Å². The average molecular weight is 448 g/mol. The van der Waals surface area contributed by atoms with Crippen molar-refractivity contribution in [3.8, 4) is 0 Å². The van der Waals surface area contributed by atoms with E-state index in [0.717, 1.165) is 36.5 Å². The van der Waals surface area contributed by atoms with Gasteiger partial charge in [-0.25, -0.2) is 4.79 Å². The number of amides is 2. The van der Waals surface area contributed by atoms with Crippen molar-refractivity contribution in [2.75, 3.05) is 22.9 Å². The number of piperidine rings is 1. The maximum atomic E-state index is 13.7. The fourth-order valence-electron chi connectivity index (χ4n) is 4.78. The van der Waals surface area contributed by atoms with E-state index in [1.54, 1.807) is 11.0 Å². The first-order valence-corrected chi connectivity index (χ1v) is 11.0. The highest BCUT2D eigenvalue weighted by atomic mass is 19.4. The number of carbonyl (C=O) groups excluding carboxylic acids is 1. The van der Waals surface area contributed by atoms with Gasteiger partial charge in [-0.2, -0.15) is 13.2 Å². The summed E-state index contributed by atoms with van der Waals surface area (Å²) in [5.41, 5.74) is 8.30. The maximum absolute atomic E-state index is 13.7. The van der Waals surface area contributed by atoms with Gasteiger partial charge in [0.1, 0.15) is 0 Å². The first-order valence-electron chi connectivity index (χ1n) is 11.0. The van der Waals surface area contributed by atoms with E-state index in [1.165, 1.54) is 17.0 Å². The number of urea groups is 1. The van der Waals surface area contributed by atoms with E-state index in [1.807, 2.05) is 12.1 Å². The van der Waals surface area contributed by atoms with Gasteiger partial charge in [0.2, 0.25) is 0 Å². The molecule has 2 aliphatic rings. The number of anilines is 2. The van der Waals surface area contributed by atoms with Crippen molar-refractivity contribution >= 4 is 17.4 Å². The highest BCUT2D eigenvalue weighted by Gasteiger charge is 2.35. The van der Waals surface area contributed by atoms with Crippen LogP contribution in [0.15, 0.2) is 36.4 Å². The summed E-state index contributed by atoms with van der Waals surface area (Å²) < 4.78 is 41.0. The molecule has 0 radical (unpaired) electrons. The quantitative estimate of drug-likeness (QED) is 0.718. The van der Waals surface area contributed by atoms with Crippen molar-refractivity contribution in [3.63, 3.8) is 0 Å². The van der Waals surface area contributed by atoms with E-state index in [4.69, 9.17) is 5.73 Å². The minimum Gasteiger partial charge on any atom is -0.393 e. The van der Waals surface area contributed by atoms with Crippen LogP contribution in [0.3, 0.4) is 0 Å². The normalized spacial score (nSPS) is 18.9. The van der Waals surface area contributed by atoms with Gasteiger partial charge in [0.05, 0.1) is 18.2 Å². The molecule has 2 aromatic rings. The molecule has 1 aliphatic heterocycles. The fourth-order valence-corrected chi connectivity index (χ4v) is 4.78. The Bertz CT molecular complexity index is 987. The number of rotatable bonds is 4. The van der Waals surface area contributed by atoms with E-state index in [9.17, 15) is 23.1 Å². The molecule has 4 rings (SSSR count). The smallest absolute Gasteiger partial charge is 0.393 e. The van der Waals surface area contributed by atoms with Crippen LogP contribution < -0.4 is 15.5 Å². The predicted octanol–water partition coefficient (Wildman–Crippen LogP) is 4.63. The number of hydrogen-bond donors (Lipinski definition) is 2. The number of alkyl halides is 3. The SMILES string of the molecule is NC(=O)N(Cc1ccc(C(F)(F)F)c(N2CCCCC2)c1)c1cccc2c1CC(O)CC2. The van der Waals surface area contributed by atoms with Gasteiger partial charge in [0.25, 0.3) is 0 Å². The molecule has 2 amide bonds. The van der Waals surface area contributed by atoms with Gasteiger partial charge in [-0.05, 0) is 67.0 Å². The number of aliphatic hydroxyl groups excluding tert-OH is 1. The van der Waals surface area contributed by atoms with Crippen molar-refractivity contribution in [1.82, 2.24) is 0 Å². The summed E-state index contributed by atoms with van der Waals surface area (Å²) in [5, 5.41) is 10.1. The largest absolute Gasteiger partial charge is 0.418 e. The number of primary amides is 1. The van der Waals surface area contributed by atoms with Crippen LogP contribution >= 0.6 is 0 Å². The second-order valence-electron chi connectivity index (χ2n) is 8.63. The second kappa shape index (κ2) is 9.02. The Morgan fingerprint density at radius 1 is 1.16 bits per heavy atom. The Kier molecular flexibility index (Phi) is 6.33. The number of halogens is 3. The average Bonchev–Trinajstić information content (AvgIpc) is 2.77. The molecule has 1 atom stereocenters. The van der Waals surface area contributed by atoms with Gasteiger partial charge in [-0.3, -0.25) is 4.90 Å². The number of carbonyl (C=O) groups is 1. The Morgan fingerprint density at radius 2 is 1.91 bits per heavy atom. The number of nitrogens with two attached hydrogens (primary N) is 1. The zero-order valence-corrected chi connectivity index (χ0v) is 17.9. The van der Waals surface area contributed by atoms with Crippen LogP contribution in [-0.2, 0) is 25.6 Å². The van der Waals surface area contributed by atoms with Crippen molar-refractivity contribution in [3.05, 3.63) is 58.7 Å². The minimum atomic E-state index is -4.46. The Hall–Kier alpha value is -2.74. The summed E-state index contributed by atoms with van der Waals surface area (Å²) in [7, 11) is 0. The molecule has 0 spiro atoms. The molecule has 32 heavy (non-hydrogen) atoms. The number of aliphatic hydroxyl groups is 1. The Morgan fingerprint density at radius 3 is 2.59 bits per heavy atom. The van der Waals surface area contributed by atoms with Crippen LogP contribution in [0.2, 0.25) is 0 Å². The van der Waals surface area contributed by atoms with E-state index >= 15 is 0 Å². The summed E-state index contributed by atoms with van der Waals surface area (Å²) in [6.07, 6.45) is -0.444. The lowest BCUT2D eigenvalue weighted by atomic mass is 9.88. The van der Waals surface area contributed by atoms with Crippen LogP contribution in [-0.4, -0.2) is 30.3 Å². The van der Waals surface area contributed by atoms with Crippen LogP contribution in [0.25, 0.3) is 0 Å². The summed E-state index contributed by atoms with van der Waals surface area (Å²) in [6, 6.07) is 8.95. The van der Waals surface area contributed by atoms with Crippen molar-refractivity contribution < 1.29 is 23.1 Å². The summed E-state index contributed by atoms with van der Waals surface area (Å²) in [4.78, 5) is 15.6. The third-order valence-electron chi connectivity index (χ3n) is 6.40. The van der Waals surface area contributed by atoms with Gasteiger partial charge >= 0.3 is 12.2 Å². The van der Waals surface area contributed by atoms with Gasteiger partial charge in [0.15, 0.2) is 0 Å². The number of fused-ring (bicyclic) bond motifs is 1. The molecule has 0 aromatic heterocycles. The van der Waals surface area contributed by atoms with E-state index in [0.29, 0.717) is 43.6 Å². The Balaban J connectivity index is 1.70. The highest BCUT2D eigenvalue weighted by Crippen LogP contribution is 2.39. The van der Waals surface area contributed by atoms with E-state index in [2.05, 4.69) is 0 Å². The fraction of sp³-hybridized carbons (Fsp3) is 0.458. The van der Waals surface area contributed by atoms with Gasteiger partial charge < -0.3 is 15.7 Å². The van der Waals surface area contributed by atoms with E-state index < -0.39 is 23.9 Å². The van der Waals surface area contributed by atoms with Crippen molar-refractivity contribution in [1.29, 1.82) is 0 Å². The standard InChI is InChI=1S/C24H28F3N3O2/c25-24(26,27)20-10-7-16(13-22(20)29-11-2-1-3-12-29)15-30(23(28)32)21-6-4-5-17-8-9-18(31)14-19(17)21/h4-7,10,13,18,31H,1-3,8-9,11-12,14-15H2,(H2,28,32). The third-order valence-corrected chi connectivity index (χ3v) is 6.40. The summed E-state index contributed by atoms with van der Waals surface area (Å²) in [6.45, 7) is 1.22. The molecule has 1 heterocycles. The number of aryl methyl sites for hydroxylation is 1. The van der Waals surface area contributed by atoms with Gasteiger partial charge in [-0.15, -0.1) is 0 Å². The molecule has 5 nitrogen and oxygen atoms in total. The molecule has 2 aromatic carbocycles. The molecular formula is C24H28F3N3O2. The minimum absolute atomic E-state index is 0.0564. The monoisotopic (exact) mass is 447 g/mol. The molecule has 1 aliphatic carbocycles. The molecule has 0 bridgehead atoms. The zero-order valence-electron chi connectivity index (χ0n) is 17.9. The highest BCUT2D eigenvalue weighted by molar-refractivity contribution is 5.91. The zero-order chi connectivity index (χ0) is 22.9. The summed E-state index contributed by atoms with van der Waals surface area (Å²) in [5.74, 6) is 0. The maximum Gasteiger partial charge on any atom is 0.418 e. The molecule has 1 fully saturated rings. The van der Waals surface area contributed by atoms with E-state index in [-0.39, 0.29) is 12.2 Å². The van der Waals surface area contributed by atoms with Gasteiger partial charge in [0, 0.05) is 30.9 Å². The molecule has 1 saturated heterocycles. The molecule has 8 heteroatoms. The van der Waals surface area contributed by atoms with Crippen LogP contribution in [0.4, 0.5) is 29.3 Å². The predicted molar refractivity (Wildman–Crippen MR) is 118 cm³/mol. The first-order chi connectivity index (χ1) is 15.2. The molecule has 3 N–H and O–H groups in total. The van der Waals surface area contributed by atoms with Gasteiger partial charge in [-0.1, -0.05) is 18.2 Å². The lowest BCUT2D eigenvalue weighted by Crippen LogP contribution is -2.37. The van der Waals surface area contributed by atoms with Crippen LogP contribution in [0, 0.1) is 0 Å². The van der Waals surface area contributed by atoms with Crippen LogP contribution in [0.5, 0.6) is 0 Å². The lowest BCUT2D eigenvalue weighted by Gasteiger charge is -2.32. The van der Waals surface area contributed by atoms with Crippen LogP contribution in [0.1, 0.15) is 47.9 Å². The molecule has 0 saturated carbocycles.